The molecule has 0 spiro atoms. The Balaban J connectivity index is 2.02. The summed E-state index contributed by atoms with van der Waals surface area (Å²) in [6.07, 6.45) is 0. The molecule has 0 atom stereocenters. The van der Waals surface area contributed by atoms with Gasteiger partial charge in [-0.1, -0.05) is 36.4 Å². The minimum Gasteiger partial charge on any atom is -0.465 e. The molecule has 0 unspecified atom stereocenters. The summed E-state index contributed by atoms with van der Waals surface area (Å²) in [4.78, 5) is 44.5. The molecule has 3 N–H and O–H groups in total. The monoisotopic (exact) mass is 373 g/mol. The predicted molar refractivity (Wildman–Crippen MR) is 103 cm³/mol. The molecule has 0 aliphatic rings. The zero-order chi connectivity index (χ0) is 19.8. The number of methoxy groups -OCH3 is 1. The molecule has 4 aromatic rings. The molecule has 7 heteroatoms. The molecule has 4 rings (SSSR count). The number of ketones is 1. The first-order chi connectivity index (χ1) is 13.5. The Morgan fingerprint density at radius 2 is 1.64 bits per heavy atom. The van der Waals surface area contributed by atoms with Crippen molar-refractivity contribution in [3.05, 3.63) is 77.1 Å². The number of ether oxygens (including phenoxy) is 1. The van der Waals surface area contributed by atoms with Crippen LogP contribution in [0, 0.1) is 0 Å². The number of primary amides is 1. The number of pyridine rings is 1. The fourth-order valence-corrected chi connectivity index (χ4v) is 3.23. The lowest BCUT2D eigenvalue weighted by Crippen LogP contribution is -2.17. The summed E-state index contributed by atoms with van der Waals surface area (Å²) in [5, 5.41) is 1.48. The Hall–Kier alpha value is -4.00. The zero-order valence-corrected chi connectivity index (χ0v) is 14.9. The molecular formula is C21H15N3O4. The van der Waals surface area contributed by atoms with E-state index < -0.39 is 17.7 Å². The number of hydrogen-bond donors (Lipinski definition) is 2. The third-order valence-corrected chi connectivity index (χ3v) is 4.54. The van der Waals surface area contributed by atoms with Gasteiger partial charge in [-0.25, -0.2) is 9.78 Å². The Kier molecular flexibility index (Phi) is 4.12. The van der Waals surface area contributed by atoms with Crippen molar-refractivity contribution in [3.8, 4) is 0 Å². The number of H-pyrrole nitrogens is 1. The van der Waals surface area contributed by atoms with Gasteiger partial charge < -0.3 is 15.5 Å². The molecule has 0 radical (unpaired) electrons. The quantitative estimate of drug-likeness (QED) is 0.422. The molecule has 0 fully saturated rings. The average molecular weight is 373 g/mol. The van der Waals surface area contributed by atoms with Crippen molar-refractivity contribution in [2.24, 2.45) is 5.73 Å². The Bertz CT molecular complexity index is 1270. The molecule has 0 saturated heterocycles. The number of aromatic amines is 1. The van der Waals surface area contributed by atoms with E-state index in [1.54, 1.807) is 18.2 Å². The molecule has 2 aromatic heterocycles. The number of carbonyl (C=O) groups excluding carboxylic acids is 3. The molecule has 1 amide bonds. The molecule has 0 bridgehead atoms. The molecule has 7 nitrogen and oxygen atoms in total. The average Bonchev–Trinajstić information content (AvgIpc) is 3.10. The standard InChI is InChI=1S/C21H15N3O4/c1-28-21(27)13-8-3-2-7-12(13)19(25)18-17-14(10-16(24-18)20(22)26)11-6-4-5-9-15(11)23-17/h2-10,23H,1H3,(H2,22,26). The molecular weight excluding hydrogens is 358 g/mol. The van der Waals surface area contributed by atoms with Crippen LogP contribution in [0.2, 0.25) is 0 Å². The van der Waals surface area contributed by atoms with Crippen molar-refractivity contribution in [3.63, 3.8) is 0 Å². The molecule has 0 aliphatic carbocycles. The molecule has 0 aliphatic heterocycles. The van der Waals surface area contributed by atoms with Crippen LogP contribution in [0.25, 0.3) is 21.8 Å². The van der Waals surface area contributed by atoms with Crippen LogP contribution >= 0.6 is 0 Å². The van der Waals surface area contributed by atoms with Gasteiger partial charge in [0.1, 0.15) is 11.4 Å². The second-order valence-electron chi connectivity index (χ2n) is 6.18. The van der Waals surface area contributed by atoms with Crippen molar-refractivity contribution in [1.29, 1.82) is 0 Å². The van der Waals surface area contributed by atoms with Gasteiger partial charge in [0.05, 0.1) is 18.2 Å². The highest BCUT2D eigenvalue weighted by atomic mass is 16.5. The maximum atomic E-state index is 13.3. The van der Waals surface area contributed by atoms with Gasteiger partial charge in [0.2, 0.25) is 5.78 Å². The fourth-order valence-electron chi connectivity index (χ4n) is 3.23. The van der Waals surface area contributed by atoms with Crippen LogP contribution in [-0.4, -0.2) is 34.7 Å². The number of aromatic nitrogens is 2. The number of para-hydroxylation sites is 1. The van der Waals surface area contributed by atoms with Gasteiger partial charge in [0.15, 0.2) is 0 Å². The first-order valence-corrected chi connectivity index (χ1v) is 8.44. The third-order valence-electron chi connectivity index (χ3n) is 4.54. The van der Waals surface area contributed by atoms with Crippen molar-refractivity contribution in [2.45, 2.75) is 0 Å². The lowest BCUT2D eigenvalue weighted by atomic mass is 9.99. The van der Waals surface area contributed by atoms with Gasteiger partial charge in [0, 0.05) is 21.9 Å². The summed E-state index contributed by atoms with van der Waals surface area (Å²) >= 11 is 0. The predicted octanol–water partition coefficient (Wildman–Crippen LogP) is 2.83. The number of hydrogen-bond acceptors (Lipinski definition) is 5. The molecule has 2 aromatic carbocycles. The van der Waals surface area contributed by atoms with Crippen molar-refractivity contribution < 1.29 is 19.1 Å². The molecule has 28 heavy (non-hydrogen) atoms. The lowest BCUT2D eigenvalue weighted by Gasteiger charge is -2.08. The second kappa shape index (κ2) is 6.62. The smallest absolute Gasteiger partial charge is 0.338 e. The minimum atomic E-state index is -0.748. The number of nitrogens with zero attached hydrogens (tertiary/aromatic N) is 1. The molecule has 0 saturated carbocycles. The first kappa shape index (κ1) is 17.4. The Labute approximate surface area is 159 Å². The summed E-state index contributed by atoms with van der Waals surface area (Å²) < 4.78 is 4.77. The van der Waals surface area contributed by atoms with Gasteiger partial charge in [0.25, 0.3) is 5.91 Å². The normalized spacial score (nSPS) is 10.9. The van der Waals surface area contributed by atoms with E-state index in [-0.39, 0.29) is 22.5 Å². The zero-order valence-electron chi connectivity index (χ0n) is 14.9. The maximum absolute atomic E-state index is 13.3. The largest absolute Gasteiger partial charge is 0.465 e. The molecule has 2 heterocycles. The van der Waals surface area contributed by atoms with Crippen molar-refractivity contribution >= 4 is 39.5 Å². The number of amides is 1. The van der Waals surface area contributed by atoms with Gasteiger partial charge in [-0.05, 0) is 18.2 Å². The maximum Gasteiger partial charge on any atom is 0.338 e. The van der Waals surface area contributed by atoms with E-state index in [0.717, 1.165) is 10.9 Å². The van der Waals surface area contributed by atoms with Crippen LogP contribution in [-0.2, 0) is 4.74 Å². The number of benzene rings is 2. The van der Waals surface area contributed by atoms with Gasteiger partial charge in [-0.3, -0.25) is 9.59 Å². The third kappa shape index (κ3) is 2.69. The van der Waals surface area contributed by atoms with Crippen LogP contribution < -0.4 is 5.73 Å². The van der Waals surface area contributed by atoms with Crippen LogP contribution in [0.15, 0.2) is 54.6 Å². The van der Waals surface area contributed by atoms with Gasteiger partial charge in [-0.2, -0.15) is 0 Å². The summed E-state index contributed by atoms with van der Waals surface area (Å²) in [7, 11) is 1.24. The fraction of sp³-hybridized carbons (Fsp3) is 0.0476. The highest BCUT2D eigenvalue weighted by Gasteiger charge is 2.24. The summed E-state index contributed by atoms with van der Waals surface area (Å²) in [5.41, 5.74) is 6.91. The van der Waals surface area contributed by atoms with Crippen LogP contribution in [0.3, 0.4) is 0 Å². The number of fused-ring (bicyclic) bond motifs is 3. The molecule has 138 valence electrons. The number of nitrogens with one attached hydrogen (secondary N) is 1. The van der Waals surface area contributed by atoms with E-state index in [1.165, 1.54) is 19.2 Å². The van der Waals surface area contributed by atoms with E-state index in [2.05, 4.69) is 9.97 Å². The highest BCUT2D eigenvalue weighted by molar-refractivity contribution is 6.22. The van der Waals surface area contributed by atoms with E-state index in [0.29, 0.717) is 10.9 Å². The summed E-state index contributed by atoms with van der Waals surface area (Å²) in [5.74, 6) is -1.90. The highest BCUT2D eigenvalue weighted by Crippen LogP contribution is 2.29. The first-order valence-electron chi connectivity index (χ1n) is 8.44. The van der Waals surface area contributed by atoms with Crippen molar-refractivity contribution in [2.75, 3.05) is 7.11 Å². The number of nitrogens with two attached hydrogens (primary N) is 1. The Morgan fingerprint density at radius 3 is 2.36 bits per heavy atom. The minimum absolute atomic E-state index is 0.0128. The second-order valence-corrected chi connectivity index (χ2v) is 6.18. The summed E-state index contributed by atoms with van der Waals surface area (Å²) in [6, 6.07) is 15.3. The van der Waals surface area contributed by atoms with Crippen molar-refractivity contribution in [1.82, 2.24) is 9.97 Å². The van der Waals surface area contributed by atoms with Crippen LogP contribution in [0.1, 0.15) is 36.9 Å². The SMILES string of the molecule is COC(=O)c1ccccc1C(=O)c1nc(C(N)=O)cc2c1[nH]c1ccccc12. The van der Waals surface area contributed by atoms with E-state index in [9.17, 15) is 14.4 Å². The number of carbonyl (C=O) groups is 3. The lowest BCUT2D eigenvalue weighted by molar-refractivity contribution is 0.0597. The van der Waals surface area contributed by atoms with E-state index >= 15 is 0 Å². The number of esters is 1. The van der Waals surface area contributed by atoms with Gasteiger partial charge >= 0.3 is 5.97 Å². The van der Waals surface area contributed by atoms with Gasteiger partial charge in [-0.15, -0.1) is 0 Å². The number of rotatable bonds is 4. The van der Waals surface area contributed by atoms with E-state index in [1.807, 2.05) is 24.3 Å². The van der Waals surface area contributed by atoms with Crippen LogP contribution in [0.4, 0.5) is 0 Å². The Morgan fingerprint density at radius 1 is 0.964 bits per heavy atom. The summed E-state index contributed by atoms with van der Waals surface area (Å²) in [6.45, 7) is 0. The topological polar surface area (TPSA) is 115 Å². The van der Waals surface area contributed by atoms with E-state index in [4.69, 9.17) is 10.5 Å². The van der Waals surface area contributed by atoms with Crippen LogP contribution in [0.5, 0.6) is 0 Å².